The van der Waals surface area contributed by atoms with Gasteiger partial charge >= 0.3 is 5.97 Å². The van der Waals surface area contributed by atoms with Gasteiger partial charge in [0.25, 0.3) is 0 Å². The van der Waals surface area contributed by atoms with Crippen molar-refractivity contribution in [3.8, 4) is 0 Å². The molecule has 4 heteroatoms. The summed E-state index contributed by atoms with van der Waals surface area (Å²) in [5.41, 5.74) is 0. The van der Waals surface area contributed by atoms with Crippen molar-refractivity contribution in [1.29, 1.82) is 0 Å². The van der Waals surface area contributed by atoms with Crippen LogP contribution in [0.3, 0.4) is 0 Å². The van der Waals surface area contributed by atoms with Crippen LogP contribution in [0.1, 0.15) is 34.8 Å². The van der Waals surface area contributed by atoms with E-state index >= 15 is 0 Å². The predicted molar refractivity (Wildman–Crippen MR) is 66.9 cm³/mol. The number of carboxylic acids is 1. The fourth-order valence-corrected chi connectivity index (χ4v) is 3.23. The molecule has 1 aromatic rings. The zero-order valence-electron chi connectivity index (χ0n) is 9.03. The molecule has 0 saturated carbocycles. The molecule has 1 N–H and O–H groups in total. The van der Waals surface area contributed by atoms with Gasteiger partial charge in [-0.25, -0.2) is 4.79 Å². The Kier molecular flexibility index (Phi) is 5.19. The van der Waals surface area contributed by atoms with Crippen LogP contribution in [-0.2, 0) is 5.75 Å². The lowest BCUT2D eigenvalue weighted by molar-refractivity contribution is 0.0702. The molecule has 1 unspecified atom stereocenters. The van der Waals surface area contributed by atoms with Crippen molar-refractivity contribution in [3.63, 3.8) is 0 Å². The standard InChI is InChI=1S/C11H16O2S2/c1-3-8(2)6-14-7-9-4-5-10(15-9)11(12)13/h4-5,8H,3,6-7H2,1-2H3,(H,12,13). The van der Waals surface area contributed by atoms with Crippen molar-refractivity contribution in [2.75, 3.05) is 5.75 Å². The Morgan fingerprint density at radius 3 is 2.87 bits per heavy atom. The molecule has 0 amide bonds. The number of thioether (sulfide) groups is 1. The minimum Gasteiger partial charge on any atom is -0.477 e. The Bertz CT molecular complexity index is 320. The number of thiophene rings is 1. The molecule has 0 fully saturated rings. The van der Waals surface area contributed by atoms with Crippen molar-refractivity contribution >= 4 is 29.1 Å². The van der Waals surface area contributed by atoms with Gasteiger partial charge < -0.3 is 5.11 Å². The Labute approximate surface area is 98.7 Å². The highest BCUT2D eigenvalue weighted by Crippen LogP contribution is 2.23. The second kappa shape index (κ2) is 6.18. The van der Waals surface area contributed by atoms with E-state index < -0.39 is 5.97 Å². The van der Waals surface area contributed by atoms with Crippen molar-refractivity contribution in [2.24, 2.45) is 5.92 Å². The normalized spacial score (nSPS) is 12.7. The van der Waals surface area contributed by atoms with Crippen LogP contribution in [0.2, 0.25) is 0 Å². The van der Waals surface area contributed by atoms with Crippen LogP contribution in [0.4, 0.5) is 0 Å². The molecule has 15 heavy (non-hydrogen) atoms. The molecule has 1 aromatic heterocycles. The van der Waals surface area contributed by atoms with Crippen LogP contribution in [0.15, 0.2) is 12.1 Å². The summed E-state index contributed by atoms with van der Waals surface area (Å²) < 4.78 is 0. The lowest BCUT2D eigenvalue weighted by atomic mass is 10.2. The van der Waals surface area contributed by atoms with Crippen LogP contribution < -0.4 is 0 Å². The van der Waals surface area contributed by atoms with Crippen LogP contribution >= 0.6 is 23.1 Å². The Morgan fingerprint density at radius 2 is 2.33 bits per heavy atom. The molecular weight excluding hydrogens is 228 g/mol. The van der Waals surface area contributed by atoms with Gasteiger partial charge in [0.2, 0.25) is 0 Å². The summed E-state index contributed by atoms with van der Waals surface area (Å²) in [6.07, 6.45) is 1.21. The highest BCUT2D eigenvalue weighted by molar-refractivity contribution is 7.98. The van der Waals surface area contributed by atoms with Crippen molar-refractivity contribution in [3.05, 3.63) is 21.9 Å². The van der Waals surface area contributed by atoms with E-state index in [1.54, 1.807) is 6.07 Å². The van der Waals surface area contributed by atoms with E-state index in [1.807, 2.05) is 17.8 Å². The summed E-state index contributed by atoms with van der Waals surface area (Å²) in [5.74, 6) is 2.01. The Hall–Kier alpha value is -0.480. The maximum absolute atomic E-state index is 10.6. The summed E-state index contributed by atoms with van der Waals surface area (Å²) >= 11 is 3.26. The second-order valence-corrected chi connectivity index (χ2v) is 5.80. The van der Waals surface area contributed by atoms with Gasteiger partial charge in [0.15, 0.2) is 0 Å². The van der Waals surface area contributed by atoms with E-state index in [-0.39, 0.29) is 0 Å². The van der Waals surface area contributed by atoms with Gasteiger partial charge in [-0.1, -0.05) is 20.3 Å². The highest BCUT2D eigenvalue weighted by atomic mass is 32.2. The van der Waals surface area contributed by atoms with Gasteiger partial charge in [0, 0.05) is 10.6 Å². The maximum Gasteiger partial charge on any atom is 0.345 e. The monoisotopic (exact) mass is 244 g/mol. The largest absolute Gasteiger partial charge is 0.477 e. The molecule has 1 atom stereocenters. The molecule has 84 valence electrons. The summed E-state index contributed by atoms with van der Waals surface area (Å²) in [5, 5.41) is 8.75. The SMILES string of the molecule is CCC(C)CSCc1ccc(C(=O)O)s1. The molecule has 1 heterocycles. The minimum atomic E-state index is -0.821. The van der Waals surface area contributed by atoms with E-state index in [0.29, 0.717) is 4.88 Å². The Balaban J connectivity index is 2.35. The quantitative estimate of drug-likeness (QED) is 0.828. The number of hydrogen-bond donors (Lipinski definition) is 1. The topological polar surface area (TPSA) is 37.3 Å². The average molecular weight is 244 g/mol. The van der Waals surface area contributed by atoms with Crippen molar-refractivity contribution in [1.82, 2.24) is 0 Å². The number of hydrogen-bond acceptors (Lipinski definition) is 3. The lowest BCUT2D eigenvalue weighted by Gasteiger charge is -2.06. The first-order valence-electron chi connectivity index (χ1n) is 5.03. The molecule has 0 aliphatic carbocycles. The van der Waals surface area contributed by atoms with Crippen molar-refractivity contribution in [2.45, 2.75) is 26.0 Å². The minimum absolute atomic E-state index is 0.439. The second-order valence-electron chi connectivity index (χ2n) is 3.60. The summed E-state index contributed by atoms with van der Waals surface area (Å²) in [7, 11) is 0. The molecule has 0 aromatic carbocycles. The van der Waals surface area contributed by atoms with Gasteiger partial charge in [-0.2, -0.15) is 11.8 Å². The third-order valence-electron chi connectivity index (χ3n) is 2.22. The molecule has 2 nitrogen and oxygen atoms in total. The zero-order valence-corrected chi connectivity index (χ0v) is 10.7. The van der Waals surface area contributed by atoms with Crippen molar-refractivity contribution < 1.29 is 9.90 Å². The summed E-state index contributed by atoms with van der Waals surface area (Å²) in [4.78, 5) is 12.2. The van der Waals surface area contributed by atoms with E-state index in [4.69, 9.17) is 5.11 Å². The molecule has 0 saturated heterocycles. The third-order valence-corrected chi connectivity index (χ3v) is 4.79. The molecular formula is C11H16O2S2. The number of carbonyl (C=O) groups is 1. The first-order valence-corrected chi connectivity index (χ1v) is 7.00. The fraction of sp³-hybridized carbons (Fsp3) is 0.545. The average Bonchev–Trinajstić information content (AvgIpc) is 2.66. The molecule has 0 aliphatic heterocycles. The van der Waals surface area contributed by atoms with Crippen LogP contribution in [-0.4, -0.2) is 16.8 Å². The molecule has 0 spiro atoms. The molecule has 0 aliphatic rings. The number of rotatable bonds is 6. The Morgan fingerprint density at radius 1 is 1.60 bits per heavy atom. The molecule has 0 bridgehead atoms. The fourth-order valence-electron chi connectivity index (χ4n) is 1.05. The zero-order chi connectivity index (χ0) is 11.3. The van der Waals surface area contributed by atoms with Crippen LogP contribution in [0, 0.1) is 5.92 Å². The van der Waals surface area contributed by atoms with Gasteiger partial charge in [-0.15, -0.1) is 11.3 Å². The van der Waals surface area contributed by atoms with E-state index in [9.17, 15) is 4.79 Å². The van der Waals surface area contributed by atoms with Gasteiger partial charge in [-0.05, 0) is 23.8 Å². The van der Waals surface area contributed by atoms with E-state index in [2.05, 4.69) is 13.8 Å². The van der Waals surface area contributed by atoms with E-state index in [1.165, 1.54) is 17.8 Å². The number of carboxylic acid groups (broad SMARTS) is 1. The van der Waals surface area contributed by atoms with Crippen LogP contribution in [0.5, 0.6) is 0 Å². The first kappa shape index (κ1) is 12.6. The molecule has 1 rings (SSSR count). The van der Waals surface area contributed by atoms with Gasteiger partial charge in [0.1, 0.15) is 4.88 Å². The predicted octanol–water partition coefficient (Wildman–Crippen LogP) is 3.73. The first-order chi connectivity index (χ1) is 7.13. The third kappa shape index (κ3) is 4.26. The highest BCUT2D eigenvalue weighted by Gasteiger charge is 2.07. The maximum atomic E-state index is 10.6. The summed E-state index contributed by atoms with van der Waals surface area (Å²) in [6, 6.07) is 3.60. The van der Waals surface area contributed by atoms with Crippen LogP contribution in [0.25, 0.3) is 0 Å². The van der Waals surface area contributed by atoms with Gasteiger partial charge in [-0.3, -0.25) is 0 Å². The molecule has 0 radical (unpaired) electrons. The smallest absolute Gasteiger partial charge is 0.345 e. The summed E-state index contributed by atoms with van der Waals surface area (Å²) in [6.45, 7) is 4.43. The lowest BCUT2D eigenvalue weighted by Crippen LogP contribution is -1.95. The van der Waals surface area contributed by atoms with Gasteiger partial charge in [0.05, 0.1) is 0 Å². The van der Waals surface area contributed by atoms with E-state index in [0.717, 1.165) is 22.3 Å². The number of aromatic carboxylic acids is 1.